The number of fused-ring (bicyclic) bond motifs is 1. The second-order valence-corrected chi connectivity index (χ2v) is 9.88. The zero-order valence-electron chi connectivity index (χ0n) is 21.7. The van der Waals surface area contributed by atoms with Crippen molar-refractivity contribution in [1.29, 1.82) is 0 Å². The number of pyridine rings is 1. The van der Waals surface area contributed by atoms with Gasteiger partial charge in [0.05, 0.1) is 31.0 Å². The van der Waals surface area contributed by atoms with Crippen LogP contribution in [0.2, 0.25) is 0 Å². The van der Waals surface area contributed by atoms with Crippen molar-refractivity contribution in [2.24, 2.45) is 5.92 Å². The first kappa shape index (κ1) is 25.9. The fraction of sp³-hybridized carbons (Fsp3) is 0.500. The molecule has 0 aromatic carbocycles. The quantitative estimate of drug-likeness (QED) is 0.403. The summed E-state index contributed by atoms with van der Waals surface area (Å²) in [5, 5.41) is 9.49. The van der Waals surface area contributed by atoms with Crippen molar-refractivity contribution in [2.45, 2.75) is 50.6 Å². The lowest BCUT2D eigenvalue weighted by molar-refractivity contribution is -0.131. The Bertz CT molecular complexity index is 1300. The van der Waals surface area contributed by atoms with E-state index in [-0.39, 0.29) is 35.6 Å². The maximum atomic E-state index is 13.4. The molecule has 0 unspecified atom stereocenters. The molecule has 202 valence electrons. The van der Waals surface area contributed by atoms with E-state index in [4.69, 9.17) is 15.2 Å². The number of hydrogen-bond donors (Lipinski definition) is 3. The number of nitrogen functional groups attached to an aromatic ring is 1. The van der Waals surface area contributed by atoms with E-state index in [1.165, 1.54) is 6.33 Å². The summed E-state index contributed by atoms with van der Waals surface area (Å²) in [4.78, 5) is 34.6. The summed E-state index contributed by atoms with van der Waals surface area (Å²) in [5.41, 5.74) is 11.6. The number of carbonyl (C=O) groups is 2. The van der Waals surface area contributed by atoms with Crippen LogP contribution in [0, 0.1) is 5.92 Å². The molecule has 0 radical (unpaired) electrons. The number of nitrogens with two attached hydrogens (primary N) is 1. The maximum absolute atomic E-state index is 13.4. The van der Waals surface area contributed by atoms with Gasteiger partial charge in [0, 0.05) is 43.4 Å². The van der Waals surface area contributed by atoms with Gasteiger partial charge in [0.1, 0.15) is 11.8 Å². The van der Waals surface area contributed by atoms with E-state index in [1.807, 2.05) is 11.1 Å². The number of ether oxygens (including phenoxy) is 2. The molecule has 1 saturated heterocycles. The highest BCUT2D eigenvalue weighted by molar-refractivity contribution is 6.05. The molecule has 5 rings (SSSR count). The summed E-state index contributed by atoms with van der Waals surface area (Å²) >= 11 is 0. The van der Waals surface area contributed by atoms with Crippen molar-refractivity contribution in [3.63, 3.8) is 0 Å². The van der Waals surface area contributed by atoms with Gasteiger partial charge in [0.25, 0.3) is 5.91 Å². The van der Waals surface area contributed by atoms with Crippen LogP contribution in [0.4, 0.5) is 5.82 Å². The third-order valence-electron chi connectivity index (χ3n) is 7.49. The summed E-state index contributed by atoms with van der Waals surface area (Å²) in [6.45, 7) is 1.46. The predicted octanol–water partition coefficient (Wildman–Crippen LogP) is 1.81. The summed E-state index contributed by atoms with van der Waals surface area (Å²) in [5.74, 6) is 0.401. The molecule has 4 heterocycles. The van der Waals surface area contributed by atoms with Gasteiger partial charge < -0.3 is 20.5 Å². The highest BCUT2D eigenvalue weighted by Crippen LogP contribution is 2.30. The van der Waals surface area contributed by atoms with Gasteiger partial charge in [-0.25, -0.2) is 19.5 Å². The number of rotatable bonds is 8. The van der Waals surface area contributed by atoms with Gasteiger partial charge in [0.2, 0.25) is 11.8 Å². The second-order valence-electron chi connectivity index (χ2n) is 9.88. The monoisotopic (exact) mass is 522 g/mol. The maximum Gasteiger partial charge on any atom is 0.253 e. The number of nitrogens with zero attached hydrogens (tertiary/aromatic N) is 5. The van der Waals surface area contributed by atoms with Crippen molar-refractivity contribution in [1.82, 2.24) is 35.3 Å². The molecule has 2 amide bonds. The summed E-state index contributed by atoms with van der Waals surface area (Å²) < 4.78 is 12.1. The number of carbonyl (C=O) groups excluding carboxylic acids is 2. The minimum absolute atomic E-state index is 0.0372. The topological polar surface area (TPSA) is 149 Å². The molecular weight excluding hydrogens is 488 g/mol. The molecule has 1 atom stereocenters. The van der Waals surface area contributed by atoms with E-state index >= 15 is 0 Å². The predicted molar refractivity (Wildman–Crippen MR) is 140 cm³/mol. The zero-order valence-corrected chi connectivity index (χ0v) is 21.7. The molecule has 0 bridgehead atoms. The van der Waals surface area contributed by atoms with Crippen LogP contribution in [0.3, 0.4) is 0 Å². The number of hydrazine groups is 1. The van der Waals surface area contributed by atoms with E-state index in [9.17, 15) is 9.59 Å². The molecule has 3 aromatic rings. The Kier molecular flexibility index (Phi) is 7.70. The van der Waals surface area contributed by atoms with Gasteiger partial charge in [-0.1, -0.05) is 0 Å². The number of anilines is 1. The van der Waals surface area contributed by atoms with Crippen LogP contribution in [0.1, 0.15) is 48.9 Å². The minimum atomic E-state index is -0.247. The Labute approximate surface area is 220 Å². The first-order valence-electron chi connectivity index (χ1n) is 13.0. The van der Waals surface area contributed by atoms with Crippen molar-refractivity contribution in [2.75, 3.05) is 33.1 Å². The fourth-order valence-electron chi connectivity index (χ4n) is 5.47. The van der Waals surface area contributed by atoms with Crippen LogP contribution in [0.25, 0.3) is 16.8 Å². The normalized spacial score (nSPS) is 21.9. The van der Waals surface area contributed by atoms with Crippen molar-refractivity contribution < 1.29 is 19.1 Å². The van der Waals surface area contributed by atoms with Gasteiger partial charge in [-0.15, -0.1) is 0 Å². The van der Waals surface area contributed by atoms with Crippen LogP contribution >= 0.6 is 0 Å². The van der Waals surface area contributed by atoms with Crippen molar-refractivity contribution in [3.05, 3.63) is 36.3 Å². The lowest BCUT2D eigenvalue weighted by Gasteiger charge is -2.31. The smallest absolute Gasteiger partial charge is 0.253 e. The number of nitrogens with one attached hydrogen (secondary N) is 2. The molecular formula is C26H34N8O4. The third kappa shape index (κ3) is 5.27. The van der Waals surface area contributed by atoms with E-state index in [0.29, 0.717) is 42.1 Å². The first-order valence-corrected chi connectivity index (χ1v) is 13.0. The van der Waals surface area contributed by atoms with Gasteiger partial charge >= 0.3 is 0 Å². The van der Waals surface area contributed by atoms with Gasteiger partial charge in [-0.3, -0.25) is 15.0 Å². The van der Waals surface area contributed by atoms with Crippen molar-refractivity contribution >= 4 is 23.1 Å². The Balaban J connectivity index is 1.25. The lowest BCUT2D eigenvalue weighted by atomic mass is 9.85. The molecule has 0 spiro atoms. The molecule has 2 fully saturated rings. The third-order valence-corrected chi connectivity index (χ3v) is 7.49. The van der Waals surface area contributed by atoms with Crippen LogP contribution in [0.15, 0.2) is 30.7 Å². The molecule has 3 aromatic heterocycles. The second kappa shape index (κ2) is 11.3. The van der Waals surface area contributed by atoms with E-state index < -0.39 is 0 Å². The molecule has 1 aliphatic heterocycles. The Morgan fingerprint density at radius 1 is 1.13 bits per heavy atom. The SMILES string of the molecule is COC[C@H]1CCCN1NC(=O)C1CCC(NC(=O)c2cc(-c3ccnc(OC)c3)n3ncnc(N)c23)CC1. The summed E-state index contributed by atoms with van der Waals surface area (Å²) in [6.07, 6.45) is 7.93. The van der Waals surface area contributed by atoms with Crippen LogP contribution < -0.4 is 21.2 Å². The number of amides is 2. The molecule has 38 heavy (non-hydrogen) atoms. The van der Waals surface area contributed by atoms with Crippen LogP contribution in [0.5, 0.6) is 5.88 Å². The zero-order chi connectivity index (χ0) is 26.6. The van der Waals surface area contributed by atoms with Gasteiger partial charge in [-0.2, -0.15) is 5.10 Å². The standard InChI is InChI=1S/C26H34N8O4/c1-37-14-19-4-3-11-33(19)32-25(35)16-5-7-18(8-6-16)31-26(36)20-13-21(17-9-10-28-22(12-17)38-2)34-23(20)24(27)29-15-30-34/h9-10,12-13,15-16,18-19H,3-8,11,14H2,1-2H3,(H,31,36)(H,32,35)(H2,27,29,30)/t16?,18?,19-/m1/s1. The molecule has 4 N–H and O–H groups in total. The molecule has 12 nitrogen and oxygen atoms in total. The number of methoxy groups -OCH3 is 2. The Morgan fingerprint density at radius 3 is 2.71 bits per heavy atom. The van der Waals surface area contributed by atoms with E-state index in [0.717, 1.165) is 37.8 Å². The van der Waals surface area contributed by atoms with E-state index in [2.05, 4.69) is 25.8 Å². The average molecular weight is 523 g/mol. The highest BCUT2D eigenvalue weighted by atomic mass is 16.5. The molecule has 1 aliphatic carbocycles. The van der Waals surface area contributed by atoms with Crippen LogP contribution in [-0.4, -0.2) is 75.9 Å². The minimum Gasteiger partial charge on any atom is -0.481 e. The van der Waals surface area contributed by atoms with Gasteiger partial charge in [0.15, 0.2) is 5.82 Å². The summed E-state index contributed by atoms with van der Waals surface area (Å²) in [7, 11) is 3.23. The van der Waals surface area contributed by atoms with E-state index in [1.54, 1.807) is 37.1 Å². The Hall–Kier alpha value is -3.77. The number of hydrogen-bond acceptors (Lipinski definition) is 9. The lowest BCUT2D eigenvalue weighted by Crippen LogP contribution is -2.50. The fourth-order valence-corrected chi connectivity index (χ4v) is 5.47. The molecule has 2 aliphatic rings. The highest BCUT2D eigenvalue weighted by Gasteiger charge is 2.32. The van der Waals surface area contributed by atoms with Gasteiger partial charge in [-0.05, 0) is 50.7 Å². The Morgan fingerprint density at radius 2 is 1.95 bits per heavy atom. The van der Waals surface area contributed by atoms with Crippen LogP contribution in [-0.2, 0) is 9.53 Å². The first-order chi connectivity index (χ1) is 18.5. The number of aromatic nitrogens is 4. The largest absolute Gasteiger partial charge is 0.481 e. The molecule has 1 saturated carbocycles. The van der Waals surface area contributed by atoms with Crippen molar-refractivity contribution in [3.8, 4) is 17.1 Å². The molecule has 12 heteroatoms. The average Bonchev–Trinajstić information content (AvgIpc) is 3.54. The summed E-state index contributed by atoms with van der Waals surface area (Å²) in [6, 6.07) is 5.54.